The Morgan fingerprint density at radius 1 is 1.36 bits per heavy atom. The van der Waals surface area contributed by atoms with E-state index in [4.69, 9.17) is 0 Å². The highest BCUT2D eigenvalue weighted by Gasteiger charge is 2.11. The van der Waals surface area contributed by atoms with E-state index in [0.717, 1.165) is 0 Å². The molecule has 1 aromatic rings. The minimum absolute atomic E-state index is 0.469. The quantitative estimate of drug-likeness (QED) is 0.843. The standard InChI is InChI=1S/C11H18BrNS/c1-4-9(5-2)13-8(3)10-6-7-11(12)14-10/h6-9,13H,4-5H2,1-3H3. The minimum Gasteiger partial charge on any atom is -0.307 e. The fourth-order valence-corrected chi connectivity index (χ4v) is 2.96. The molecule has 0 amide bonds. The van der Waals surface area contributed by atoms with Crippen molar-refractivity contribution in [2.45, 2.75) is 45.7 Å². The Kier molecular flexibility index (Phi) is 5.13. The number of thiophene rings is 1. The topological polar surface area (TPSA) is 12.0 Å². The summed E-state index contributed by atoms with van der Waals surface area (Å²) in [7, 11) is 0. The first-order chi connectivity index (χ1) is 6.67. The van der Waals surface area contributed by atoms with Crippen molar-refractivity contribution in [2.24, 2.45) is 0 Å². The molecule has 1 nitrogen and oxygen atoms in total. The molecule has 0 aliphatic rings. The van der Waals surface area contributed by atoms with E-state index >= 15 is 0 Å². The van der Waals surface area contributed by atoms with Crippen LogP contribution in [0.5, 0.6) is 0 Å². The van der Waals surface area contributed by atoms with E-state index in [1.54, 1.807) is 0 Å². The molecule has 0 radical (unpaired) electrons. The van der Waals surface area contributed by atoms with E-state index in [0.29, 0.717) is 12.1 Å². The Bertz CT molecular complexity index is 268. The van der Waals surface area contributed by atoms with Gasteiger partial charge in [0, 0.05) is 17.0 Å². The summed E-state index contributed by atoms with van der Waals surface area (Å²) >= 11 is 5.30. The first-order valence-electron chi connectivity index (χ1n) is 5.18. The Labute approximate surface area is 99.0 Å². The maximum Gasteiger partial charge on any atom is 0.0701 e. The Balaban J connectivity index is 2.53. The highest BCUT2D eigenvalue weighted by atomic mass is 79.9. The zero-order valence-corrected chi connectivity index (χ0v) is 11.4. The van der Waals surface area contributed by atoms with E-state index in [-0.39, 0.29) is 0 Å². The molecule has 0 aliphatic carbocycles. The third-order valence-corrected chi connectivity index (χ3v) is 4.30. The Morgan fingerprint density at radius 2 is 2.00 bits per heavy atom. The van der Waals surface area contributed by atoms with E-state index in [1.807, 2.05) is 11.3 Å². The summed E-state index contributed by atoms with van der Waals surface area (Å²) in [5.41, 5.74) is 0. The fraction of sp³-hybridized carbons (Fsp3) is 0.636. The van der Waals surface area contributed by atoms with Crippen LogP contribution in [0.3, 0.4) is 0 Å². The summed E-state index contributed by atoms with van der Waals surface area (Å²) in [4.78, 5) is 1.41. The molecule has 3 heteroatoms. The van der Waals surface area contributed by atoms with Crippen molar-refractivity contribution in [1.29, 1.82) is 0 Å². The van der Waals surface area contributed by atoms with Gasteiger partial charge in [0.15, 0.2) is 0 Å². The van der Waals surface area contributed by atoms with Crippen LogP contribution >= 0.6 is 27.3 Å². The van der Waals surface area contributed by atoms with Gasteiger partial charge in [-0.05, 0) is 47.8 Å². The third kappa shape index (κ3) is 3.37. The molecule has 0 saturated carbocycles. The second-order valence-electron chi connectivity index (χ2n) is 3.54. The molecule has 0 fully saturated rings. The second kappa shape index (κ2) is 5.89. The zero-order chi connectivity index (χ0) is 10.6. The van der Waals surface area contributed by atoms with Crippen LogP contribution in [0.15, 0.2) is 15.9 Å². The Hall–Kier alpha value is 0.140. The summed E-state index contributed by atoms with van der Waals surface area (Å²) in [6, 6.07) is 5.42. The van der Waals surface area contributed by atoms with E-state index < -0.39 is 0 Å². The van der Waals surface area contributed by atoms with Crippen LogP contribution < -0.4 is 5.32 Å². The van der Waals surface area contributed by atoms with Crippen LogP contribution in [0.25, 0.3) is 0 Å². The lowest BCUT2D eigenvalue weighted by Crippen LogP contribution is -2.29. The zero-order valence-electron chi connectivity index (χ0n) is 9.01. The van der Waals surface area contributed by atoms with Crippen LogP contribution in [0.1, 0.15) is 44.5 Å². The summed E-state index contributed by atoms with van der Waals surface area (Å²) in [5, 5.41) is 3.64. The first kappa shape index (κ1) is 12.2. The smallest absolute Gasteiger partial charge is 0.0701 e. The first-order valence-corrected chi connectivity index (χ1v) is 6.79. The van der Waals surface area contributed by atoms with Crippen LogP contribution in [0.2, 0.25) is 0 Å². The van der Waals surface area contributed by atoms with Gasteiger partial charge in [0.2, 0.25) is 0 Å². The normalized spacial score (nSPS) is 13.5. The molecule has 1 atom stereocenters. The predicted octanol–water partition coefficient (Wildman–Crippen LogP) is 4.35. The molecular weight excluding hydrogens is 258 g/mol. The highest BCUT2D eigenvalue weighted by molar-refractivity contribution is 9.11. The number of halogens is 1. The van der Waals surface area contributed by atoms with Crippen LogP contribution in [-0.4, -0.2) is 6.04 Å². The van der Waals surface area contributed by atoms with Crippen molar-refractivity contribution >= 4 is 27.3 Å². The molecule has 14 heavy (non-hydrogen) atoms. The number of nitrogens with one attached hydrogen (secondary N) is 1. The van der Waals surface area contributed by atoms with E-state index in [1.165, 1.54) is 21.5 Å². The van der Waals surface area contributed by atoms with E-state index in [2.05, 4.69) is 54.2 Å². The minimum atomic E-state index is 0.469. The molecule has 0 aliphatic heterocycles. The van der Waals surface area contributed by atoms with Crippen molar-refractivity contribution in [2.75, 3.05) is 0 Å². The van der Waals surface area contributed by atoms with Crippen molar-refractivity contribution in [1.82, 2.24) is 5.32 Å². The monoisotopic (exact) mass is 275 g/mol. The van der Waals surface area contributed by atoms with E-state index in [9.17, 15) is 0 Å². The van der Waals surface area contributed by atoms with Gasteiger partial charge in [0.1, 0.15) is 0 Å². The van der Waals surface area contributed by atoms with Crippen molar-refractivity contribution in [3.63, 3.8) is 0 Å². The fourth-order valence-electron chi connectivity index (χ4n) is 1.52. The lowest BCUT2D eigenvalue weighted by molar-refractivity contribution is 0.436. The van der Waals surface area contributed by atoms with Gasteiger partial charge >= 0.3 is 0 Å². The van der Waals surface area contributed by atoms with Crippen LogP contribution in [0.4, 0.5) is 0 Å². The molecule has 0 aromatic carbocycles. The second-order valence-corrected chi connectivity index (χ2v) is 6.04. The molecule has 1 N–H and O–H groups in total. The summed E-state index contributed by atoms with van der Waals surface area (Å²) in [6.07, 6.45) is 2.40. The van der Waals surface area contributed by atoms with Crippen molar-refractivity contribution in [3.05, 3.63) is 20.8 Å². The van der Waals surface area contributed by atoms with Crippen molar-refractivity contribution < 1.29 is 0 Å². The maximum atomic E-state index is 3.64. The molecule has 1 heterocycles. The average molecular weight is 276 g/mol. The van der Waals surface area contributed by atoms with Crippen molar-refractivity contribution in [3.8, 4) is 0 Å². The highest BCUT2D eigenvalue weighted by Crippen LogP contribution is 2.27. The van der Waals surface area contributed by atoms with Gasteiger partial charge in [-0.25, -0.2) is 0 Å². The molecule has 0 spiro atoms. The molecule has 1 unspecified atom stereocenters. The number of hydrogen-bond acceptors (Lipinski definition) is 2. The Morgan fingerprint density at radius 3 is 2.43 bits per heavy atom. The molecule has 0 bridgehead atoms. The molecule has 0 saturated heterocycles. The molecule has 80 valence electrons. The lowest BCUT2D eigenvalue weighted by Gasteiger charge is -2.19. The molecular formula is C11H18BrNS. The predicted molar refractivity (Wildman–Crippen MR) is 67.9 cm³/mol. The summed E-state index contributed by atoms with van der Waals surface area (Å²) in [5.74, 6) is 0. The van der Waals surface area contributed by atoms with Gasteiger partial charge in [-0.1, -0.05) is 13.8 Å². The third-order valence-electron chi connectivity index (χ3n) is 2.49. The van der Waals surface area contributed by atoms with Crippen LogP contribution in [-0.2, 0) is 0 Å². The molecule has 1 rings (SSSR count). The van der Waals surface area contributed by atoms with Crippen LogP contribution in [0, 0.1) is 0 Å². The SMILES string of the molecule is CCC(CC)NC(C)c1ccc(Br)s1. The maximum absolute atomic E-state index is 3.64. The van der Waals surface area contributed by atoms with Gasteiger partial charge in [0.25, 0.3) is 0 Å². The largest absolute Gasteiger partial charge is 0.307 e. The lowest BCUT2D eigenvalue weighted by atomic mass is 10.1. The van der Waals surface area contributed by atoms with Gasteiger partial charge in [-0.2, -0.15) is 0 Å². The number of hydrogen-bond donors (Lipinski definition) is 1. The average Bonchev–Trinajstić information content (AvgIpc) is 2.61. The van der Waals surface area contributed by atoms with Gasteiger partial charge in [-0.3, -0.25) is 0 Å². The number of rotatable bonds is 5. The van der Waals surface area contributed by atoms with Gasteiger partial charge < -0.3 is 5.32 Å². The summed E-state index contributed by atoms with van der Waals surface area (Å²) < 4.78 is 1.21. The van der Waals surface area contributed by atoms with Gasteiger partial charge in [-0.15, -0.1) is 11.3 Å². The summed E-state index contributed by atoms with van der Waals surface area (Å²) in [6.45, 7) is 6.70. The molecule has 1 aromatic heterocycles. The van der Waals surface area contributed by atoms with Gasteiger partial charge in [0.05, 0.1) is 3.79 Å².